The SMILES string of the molecule is CC(O)Cc1cc(=O)c2c(O)cc(CO)cc2o1. The van der Waals surface area contributed by atoms with Crippen LogP contribution in [0, 0.1) is 0 Å². The van der Waals surface area contributed by atoms with E-state index in [1.165, 1.54) is 18.2 Å². The molecule has 5 nitrogen and oxygen atoms in total. The van der Waals surface area contributed by atoms with Gasteiger partial charge in [-0.05, 0) is 24.6 Å². The minimum atomic E-state index is -0.625. The third kappa shape index (κ3) is 2.37. The summed E-state index contributed by atoms with van der Waals surface area (Å²) in [4.78, 5) is 11.8. The molecular formula is C13H14O5. The van der Waals surface area contributed by atoms with Gasteiger partial charge in [0.15, 0.2) is 5.43 Å². The maximum Gasteiger partial charge on any atom is 0.196 e. The van der Waals surface area contributed by atoms with Gasteiger partial charge in [-0.2, -0.15) is 0 Å². The number of hydrogen-bond acceptors (Lipinski definition) is 5. The van der Waals surface area contributed by atoms with Crippen LogP contribution in [-0.2, 0) is 13.0 Å². The molecule has 0 radical (unpaired) electrons. The van der Waals surface area contributed by atoms with Gasteiger partial charge in [0, 0.05) is 12.5 Å². The second-order valence-corrected chi connectivity index (χ2v) is 4.28. The molecule has 1 heterocycles. The van der Waals surface area contributed by atoms with Crippen LogP contribution in [0.2, 0.25) is 0 Å². The number of aliphatic hydroxyl groups excluding tert-OH is 2. The summed E-state index contributed by atoms with van der Waals surface area (Å²) in [5.74, 6) is 0.130. The van der Waals surface area contributed by atoms with Crippen molar-refractivity contribution in [3.63, 3.8) is 0 Å². The van der Waals surface area contributed by atoms with Crippen molar-refractivity contribution in [2.75, 3.05) is 0 Å². The van der Waals surface area contributed by atoms with Crippen LogP contribution in [0.5, 0.6) is 5.75 Å². The molecule has 0 aliphatic rings. The van der Waals surface area contributed by atoms with Crippen LogP contribution in [0.15, 0.2) is 27.4 Å². The van der Waals surface area contributed by atoms with Crippen molar-refractivity contribution in [2.24, 2.45) is 0 Å². The molecule has 18 heavy (non-hydrogen) atoms. The standard InChI is InChI=1S/C13H14O5/c1-7(15)2-9-5-11(17)13-10(16)3-8(6-14)4-12(13)18-9/h3-5,7,14-16H,2,6H2,1H3. The molecular weight excluding hydrogens is 236 g/mol. The number of fused-ring (bicyclic) bond motifs is 1. The molecule has 3 N–H and O–H groups in total. The van der Waals surface area contributed by atoms with Gasteiger partial charge in [-0.1, -0.05) is 0 Å². The van der Waals surface area contributed by atoms with Crippen LogP contribution in [0.4, 0.5) is 0 Å². The molecule has 0 bridgehead atoms. The van der Waals surface area contributed by atoms with Gasteiger partial charge < -0.3 is 19.7 Å². The highest BCUT2D eigenvalue weighted by atomic mass is 16.3. The summed E-state index contributed by atoms with van der Waals surface area (Å²) in [6.07, 6.45) is -0.407. The Labute approximate surface area is 103 Å². The van der Waals surface area contributed by atoms with E-state index in [0.717, 1.165) is 0 Å². The van der Waals surface area contributed by atoms with Gasteiger partial charge in [0.25, 0.3) is 0 Å². The summed E-state index contributed by atoms with van der Waals surface area (Å²) in [7, 11) is 0. The highest BCUT2D eigenvalue weighted by Crippen LogP contribution is 2.24. The Kier molecular flexibility index (Phi) is 3.36. The summed E-state index contributed by atoms with van der Waals surface area (Å²) in [5, 5.41) is 28.1. The largest absolute Gasteiger partial charge is 0.507 e. The van der Waals surface area contributed by atoms with Crippen molar-refractivity contribution < 1.29 is 19.7 Å². The van der Waals surface area contributed by atoms with E-state index < -0.39 is 6.10 Å². The van der Waals surface area contributed by atoms with E-state index in [1.54, 1.807) is 6.92 Å². The molecule has 0 aliphatic heterocycles. The van der Waals surface area contributed by atoms with Crippen molar-refractivity contribution in [2.45, 2.75) is 26.1 Å². The molecule has 0 aliphatic carbocycles. The van der Waals surface area contributed by atoms with E-state index in [4.69, 9.17) is 9.52 Å². The van der Waals surface area contributed by atoms with Gasteiger partial charge in [0.05, 0.1) is 12.7 Å². The number of benzene rings is 1. The molecule has 1 aromatic carbocycles. The van der Waals surface area contributed by atoms with E-state index in [-0.39, 0.29) is 35.2 Å². The van der Waals surface area contributed by atoms with Crippen molar-refractivity contribution >= 4 is 11.0 Å². The molecule has 2 aromatic rings. The second kappa shape index (κ2) is 4.80. The molecule has 1 unspecified atom stereocenters. The first-order valence-corrected chi connectivity index (χ1v) is 5.59. The Bertz CT molecular complexity index is 627. The zero-order chi connectivity index (χ0) is 13.3. The van der Waals surface area contributed by atoms with E-state index in [2.05, 4.69) is 0 Å². The number of aliphatic hydroxyl groups is 2. The maximum absolute atomic E-state index is 11.8. The summed E-state index contributed by atoms with van der Waals surface area (Å²) >= 11 is 0. The second-order valence-electron chi connectivity index (χ2n) is 4.28. The highest BCUT2D eigenvalue weighted by molar-refractivity contribution is 5.83. The average Bonchev–Trinajstić information content (AvgIpc) is 2.26. The zero-order valence-corrected chi connectivity index (χ0v) is 9.88. The summed E-state index contributed by atoms with van der Waals surface area (Å²) in [6.45, 7) is 1.33. The van der Waals surface area contributed by atoms with Crippen LogP contribution in [0.1, 0.15) is 18.2 Å². The monoisotopic (exact) mass is 250 g/mol. The van der Waals surface area contributed by atoms with Crippen molar-refractivity contribution in [1.82, 2.24) is 0 Å². The lowest BCUT2D eigenvalue weighted by Crippen LogP contribution is -2.09. The van der Waals surface area contributed by atoms with Crippen LogP contribution >= 0.6 is 0 Å². The van der Waals surface area contributed by atoms with Crippen molar-refractivity contribution in [3.05, 3.63) is 39.7 Å². The fraction of sp³-hybridized carbons (Fsp3) is 0.308. The molecule has 2 rings (SSSR count). The molecule has 0 saturated heterocycles. The third-order valence-corrected chi connectivity index (χ3v) is 2.60. The molecule has 0 amide bonds. The molecule has 0 saturated carbocycles. The Morgan fingerprint density at radius 3 is 2.67 bits per heavy atom. The van der Waals surface area contributed by atoms with Crippen molar-refractivity contribution in [1.29, 1.82) is 0 Å². The third-order valence-electron chi connectivity index (χ3n) is 2.60. The van der Waals surface area contributed by atoms with Crippen molar-refractivity contribution in [3.8, 4) is 5.75 Å². The molecule has 1 atom stereocenters. The van der Waals surface area contributed by atoms with E-state index in [1.807, 2.05) is 0 Å². The minimum Gasteiger partial charge on any atom is -0.507 e. The number of phenols is 1. The smallest absolute Gasteiger partial charge is 0.196 e. The lowest BCUT2D eigenvalue weighted by Gasteiger charge is -2.07. The van der Waals surface area contributed by atoms with Crippen LogP contribution in [0.25, 0.3) is 11.0 Å². The van der Waals surface area contributed by atoms with Crippen LogP contribution in [0.3, 0.4) is 0 Å². The predicted molar refractivity (Wildman–Crippen MR) is 65.5 cm³/mol. The van der Waals surface area contributed by atoms with Gasteiger partial charge in [-0.3, -0.25) is 4.79 Å². The van der Waals surface area contributed by atoms with E-state index in [0.29, 0.717) is 11.3 Å². The molecule has 5 heteroatoms. The topological polar surface area (TPSA) is 90.9 Å². The highest BCUT2D eigenvalue weighted by Gasteiger charge is 2.11. The lowest BCUT2D eigenvalue weighted by atomic mass is 10.1. The van der Waals surface area contributed by atoms with Gasteiger partial charge in [-0.15, -0.1) is 0 Å². The minimum absolute atomic E-state index is 0.0848. The Morgan fingerprint density at radius 2 is 2.06 bits per heavy atom. The predicted octanol–water partition coefficient (Wildman–Crippen LogP) is 0.914. The number of hydrogen-bond donors (Lipinski definition) is 3. The fourth-order valence-corrected chi connectivity index (χ4v) is 1.86. The van der Waals surface area contributed by atoms with E-state index >= 15 is 0 Å². The first-order valence-electron chi connectivity index (χ1n) is 5.59. The normalized spacial score (nSPS) is 12.8. The quantitative estimate of drug-likeness (QED) is 0.753. The van der Waals surface area contributed by atoms with Gasteiger partial charge in [0.2, 0.25) is 0 Å². The number of aromatic hydroxyl groups is 1. The number of rotatable bonds is 3. The average molecular weight is 250 g/mol. The summed E-state index contributed by atoms with van der Waals surface area (Å²) in [5.41, 5.74) is 0.299. The van der Waals surface area contributed by atoms with Gasteiger partial charge >= 0.3 is 0 Å². The summed E-state index contributed by atoms with van der Waals surface area (Å²) < 4.78 is 5.45. The fourth-order valence-electron chi connectivity index (χ4n) is 1.86. The lowest BCUT2D eigenvalue weighted by molar-refractivity contribution is 0.187. The molecule has 0 fully saturated rings. The van der Waals surface area contributed by atoms with E-state index in [9.17, 15) is 15.0 Å². The first-order chi connectivity index (χ1) is 8.51. The Balaban J connectivity index is 2.67. The maximum atomic E-state index is 11.8. The number of phenolic OH excluding ortho intramolecular Hbond substituents is 1. The Hall–Kier alpha value is -1.85. The van der Waals surface area contributed by atoms with Crippen LogP contribution in [-0.4, -0.2) is 21.4 Å². The summed E-state index contributed by atoms with van der Waals surface area (Å²) in [6, 6.07) is 4.09. The first kappa shape index (κ1) is 12.6. The van der Waals surface area contributed by atoms with Gasteiger partial charge in [-0.25, -0.2) is 0 Å². The zero-order valence-electron chi connectivity index (χ0n) is 9.88. The molecule has 1 aromatic heterocycles. The van der Waals surface area contributed by atoms with Crippen LogP contribution < -0.4 is 5.43 Å². The molecule has 96 valence electrons. The van der Waals surface area contributed by atoms with Gasteiger partial charge in [0.1, 0.15) is 22.5 Å². The Morgan fingerprint density at radius 1 is 1.33 bits per heavy atom. The molecule has 0 spiro atoms.